The molecule has 7 heterocycles. The Bertz CT molecular complexity index is 8270. The first-order valence-electron chi connectivity index (χ1n) is 45.2. The van der Waals surface area contributed by atoms with Crippen LogP contribution < -0.4 is 0 Å². The van der Waals surface area contributed by atoms with Gasteiger partial charge in [0.1, 0.15) is 16.8 Å². The zero-order valence-corrected chi connectivity index (χ0v) is 70.2. The molecule has 8 aliphatic rings. The van der Waals surface area contributed by atoms with Crippen molar-refractivity contribution in [1.82, 2.24) is 38.2 Å². The van der Waals surface area contributed by atoms with Gasteiger partial charge in [-0.15, -0.1) is 0 Å². The molecule has 9 nitrogen and oxygen atoms in total. The second-order valence-corrected chi connectivity index (χ2v) is 38.4. The Morgan fingerprint density at radius 2 is 0.824 bits per heavy atom. The van der Waals surface area contributed by atoms with Crippen molar-refractivity contribution in [2.45, 2.75) is 113 Å². The van der Waals surface area contributed by atoms with Crippen LogP contribution in [0.1, 0.15) is 119 Å². The van der Waals surface area contributed by atoms with E-state index in [1.165, 1.54) is 139 Å². The quantitative estimate of drug-likeness (QED) is 0.121. The van der Waals surface area contributed by atoms with Crippen molar-refractivity contribution in [1.29, 1.82) is 0 Å². The van der Waals surface area contributed by atoms with Gasteiger partial charge in [0.2, 0.25) is 11.9 Å². The van der Waals surface area contributed by atoms with Gasteiger partial charge in [0, 0.05) is 93.4 Å². The highest BCUT2D eigenvalue weighted by atomic mass is 16.3. The summed E-state index contributed by atoms with van der Waals surface area (Å²) in [4.78, 5) is 23.5. The van der Waals surface area contributed by atoms with Crippen LogP contribution in [0.2, 0.25) is 0 Å². The highest BCUT2D eigenvalue weighted by Crippen LogP contribution is 2.62. The monoisotopic (exact) mass is 1610 g/mol. The van der Waals surface area contributed by atoms with Crippen LogP contribution in [0, 0.1) is 35.5 Å². The van der Waals surface area contributed by atoms with Crippen molar-refractivity contribution in [2.24, 2.45) is 23.7 Å². The van der Waals surface area contributed by atoms with Crippen molar-refractivity contribution < 1.29 is 4.42 Å². The summed E-state index contributed by atoms with van der Waals surface area (Å²) in [6, 6.07) is 119. The highest BCUT2D eigenvalue weighted by molar-refractivity contribution is 6.16. The molecule has 125 heavy (non-hydrogen) atoms. The third kappa shape index (κ3) is 10.6. The number of nitrogens with zero attached hydrogens (tertiary/aromatic N) is 8. The summed E-state index contributed by atoms with van der Waals surface area (Å²) < 4.78 is 16.5. The van der Waals surface area contributed by atoms with Crippen molar-refractivity contribution in [3.63, 3.8) is 0 Å². The van der Waals surface area contributed by atoms with E-state index in [4.69, 9.17) is 24.4 Å². The normalized spacial score (nSPS) is 21.0. The molecule has 3 unspecified atom stereocenters. The first-order chi connectivity index (χ1) is 61.4. The molecular weight excluding hydrogens is 1520 g/mol. The second kappa shape index (κ2) is 26.4. The van der Waals surface area contributed by atoms with E-state index < -0.39 is 10.8 Å². The topological polar surface area (TPSA) is 84.4 Å². The molecule has 5 atom stereocenters. The fourth-order valence-electron chi connectivity index (χ4n) is 25.2. The molecule has 14 aromatic carbocycles. The maximum Gasteiger partial charge on any atom is 0.236 e. The Hall–Kier alpha value is -14.2. The molecule has 6 bridgehead atoms. The minimum atomic E-state index is -0.466. The van der Waals surface area contributed by atoms with Gasteiger partial charge in [0.15, 0.2) is 5.58 Å². The lowest BCUT2D eigenvalue weighted by Gasteiger charge is -2.52. The van der Waals surface area contributed by atoms with E-state index in [9.17, 15) is 0 Å². The van der Waals surface area contributed by atoms with Crippen LogP contribution in [0.4, 0.5) is 0 Å². The Kier molecular flexibility index (Phi) is 15.1. The van der Waals surface area contributed by atoms with E-state index in [2.05, 4.69) is 366 Å². The highest BCUT2D eigenvalue weighted by Gasteiger charge is 2.52. The molecule has 0 aliphatic heterocycles. The molecule has 5 fully saturated rings. The summed E-state index contributed by atoms with van der Waals surface area (Å²) in [6.45, 7) is 7.37. The third-order valence-electron chi connectivity index (χ3n) is 30.8. The lowest BCUT2D eigenvalue weighted by molar-refractivity contribution is 0.0741. The van der Waals surface area contributed by atoms with Crippen LogP contribution in [0.15, 0.2) is 326 Å². The van der Waals surface area contributed by atoms with Crippen LogP contribution >= 0.6 is 0 Å². The Labute approximate surface area is 724 Å². The summed E-state index contributed by atoms with van der Waals surface area (Å²) >= 11 is 0. The molecule has 0 N–H and O–H groups in total. The number of aromatic nitrogens is 8. The SMILES string of the molecule is CC1(c2cccc(-c3nc(-n4c5ccccc5c5cc(-n6c7ccccc7c7cc(-c8ccccc8)ccc76)ccc54)nc4c3oc3ccccc34)c2)CC2C#C[C@](c3ccc4c(c3)-c3nc(-n5c6ccccc6c6cc(-n7c8ccccc8c8cc(-c9ccccc9)ccc87)ccc65)nc(-c5cccc(C67CC8CC[C@@H](C8)CC(C6)C7)c5)c3C4(C)C)(CC2)C1. The lowest BCUT2D eigenvalue weighted by Crippen LogP contribution is -2.44. The average molecular weight is 1610 g/mol. The summed E-state index contributed by atoms with van der Waals surface area (Å²) in [7, 11) is 0. The van der Waals surface area contributed by atoms with Gasteiger partial charge in [-0.25, -0.2) is 19.9 Å². The largest absolute Gasteiger partial charge is 0.452 e. The van der Waals surface area contributed by atoms with Gasteiger partial charge in [-0.3, -0.25) is 9.13 Å². The van der Waals surface area contributed by atoms with Gasteiger partial charge >= 0.3 is 0 Å². The zero-order chi connectivity index (χ0) is 82.3. The molecule has 5 saturated carbocycles. The Morgan fingerprint density at radius 1 is 0.344 bits per heavy atom. The molecule has 8 aliphatic carbocycles. The van der Waals surface area contributed by atoms with Gasteiger partial charge < -0.3 is 13.6 Å². The molecular formula is C116H88N8O. The van der Waals surface area contributed by atoms with Crippen LogP contribution in [-0.2, 0) is 21.7 Å². The van der Waals surface area contributed by atoms with Gasteiger partial charge in [0.05, 0.1) is 60.9 Å². The van der Waals surface area contributed by atoms with Gasteiger partial charge in [-0.2, -0.15) is 0 Å². The maximum absolute atomic E-state index is 7.01. The van der Waals surface area contributed by atoms with E-state index in [0.717, 1.165) is 149 Å². The summed E-state index contributed by atoms with van der Waals surface area (Å²) in [6.07, 6.45) is 13.2. The first-order valence-corrected chi connectivity index (χ1v) is 45.2. The van der Waals surface area contributed by atoms with Gasteiger partial charge in [-0.05, 0) is 246 Å². The Morgan fingerprint density at radius 3 is 1.44 bits per heavy atom. The number of rotatable bonds is 11. The standard InChI is InChI=1S/C116H88N8O/c1-113(2)95-47-44-82(62-94(95)108-105(113)106(78-26-21-29-81(59-78)116-66-72-41-40-71(56-72)57-73(67-116)68-116)117-111(119-108)123-98-37-17-12-32-87(98)92-63-83(45-50-102(92)123)121-96-35-15-10-30-85(96)90-60-76(42-48-100(90)121)74-22-6-4-7-23-74)115-54-52-70(53-55-115)65-114(3,69-115)80-28-20-27-79(58-80)107-110-109(89-34-14-19-39-104(89)125-110)120-112(118-107)124-99-38-18-13-33-88(99)93-64-84(46-51-103(93)124)122-97-36-16-11-31-86(97)91-61-77(43-49-101(91)122)75-24-8-5-9-25-75/h4-39,42-51,58-64,70-73H,40-41,52,54,56-57,65-69H2,1-3H3/t70?,71-,72?,73?,114?,115+,116?/m0/s1. The predicted molar refractivity (Wildman–Crippen MR) is 511 cm³/mol. The number of hydrogen-bond acceptors (Lipinski definition) is 5. The van der Waals surface area contributed by atoms with Crippen LogP contribution in [0.5, 0.6) is 0 Å². The zero-order valence-electron chi connectivity index (χ0n) is 70.2. The number of para-hydroxylation sites is 5. The van der Waals surface area contributed by atoms with Crippen molar-refractivity contribution in [3.8, 4) is 91.1 Å². The predicted octanol–water partition coefficient (Wildman–Crippen LogP) is 28.8. The minimum absolute atomic E-state index is 0.195. The maximum atomic E-state index is 7.01. The van der Waals surface area contributed by atoms with Crippen LogP contribution in [-0.4, -0.2) is 38.2 Å². The molecule has 21 aromatic rings. The minimum Gasteiger partial charge on any atom is -0.452 e. The smallest absolute Gasteiger partial charge is 0.236 e. The van der Waals surface area contributed by atoms with Gasteiger partial charge in [0.25, 0.3) is 0 Å². The summed E-state index contributed by atoms with van der Waals surface area (Å²) in [5.74, 6) is 12.1. The fourth-order valence-corrected chi connectivity index (χ4v) is 25.2. The van der Waals surface area contributed by atoms with E-state index >= 15 is 0 Å². The number of fused-ring (bicyclic) bond motifs is 21. The van der Waals surface area contributed by atoms with Crippen LogP contribution in [0.25, 0.3) is 189 Å². The summed E-state index contributed by atoms with van der Waals surface area (Å²) in [5, 5.41) is 10.4. The molecule has 7 aromatic heterocycles. The number of hydrogen-bond donors (Lipinski definition) is 0. The Balaban J connectivity index is 0.586. The average Bonchev–Trinajstić information content (AvgIpc) is 1.60. The van der Waals surface area contributed by atoms with Gasteiger partial charge in [-0.1, -0.05) is 252 Å². The molecule has 29 rings (SSSR count). The molecule has 0 radical (unpaired) electrons. The second-order valence-electron chi connectivity index (χ2n) is 38.4. The van der Waals surface area contributed by atoms with E-state index in [1.54, 1.807) is 0 Å². The molecule has 0 spiro atoms. The molecule has 9 heteroatoms. The van der Waals surface area contributed by atoms with E-state index in [-0.39, 0.29) is 16.7 Å². The van der Waals surface area contributed by atoms with Crippen molar-refractivity contribution in [2.75, 3.05) is 0 Å². The van der Waals surface area contributed by atoms with Crippen LogP contribution in [0.3, 0.4) is 0 Å². The van der Waals surface area contributed by atoms with Crippen molar-refractivity contribution in [3.05, 3.63) is 349 Å². The lowest BCUT2D eigenvalue weighted by atomic mass is 9.53. The summed E-state index contributed by atoms with van der Waals surface area (Å²) in [5.41, 5.74) is 29.7. The van der Waals surface area contributed by atoms with E-state index in [0.29, 0.717) is 17.5 Å². The molecule has 598 valence electrons. The number of furan rings is 1. The molecule has 0 saturated heterocycles. The van der Waals surface area contributed by atoms with E-state index in [1.807, 2.05) is 6.07 Å². The number of benzene rings is 14. The van der Waals surface area contributed by atoms with Crippen molar-refractivity contribution >= 4 is 109 Å². The first kappa shape index (κ1) is 71.4. The fraction of sp³-hybridized carbons (Fsp3) is 0.190. The third-order valence-corrected chi connectivity index (χ3v) is 30.8. The molecule has 0 amide bonds.